The zero-order chi connectivity index (χ0) is 15.9. The van der Waals surface area contributed by atoms with Gasteiger partial charge in [-0.3, -0.25) is 0 Å². The maximum absolute atomic E-state index is 12.4. The van der Waals surface area contributed by atoms with E-state index in [4.69, 9.17) is 4.74 Å². The maximum atomic E-state index is 12.4. The van der Waals surface area contributed by atoms with Crippen molar-refractivity contribution in [3.05, 3.63) is 102 Å². The molecule has 0 heterocycles. The van der Waals surface area contributed by atoms with Gasteiger partial charge in [0.25, 0.3) is 0 Å². The van der Waals surface area contributed by atoms with Gasteiger partial charge in [0.05, 0.1) is 5.56 Å². The van der Waals surface area contributed by atoms with Crippen LogP contribution in [0.2, 0.25) is 0 Å². The highest BCUT2D eigenvalue weighted by molar-refractivity contribution is 5.93. The summed E-state index contributed by atoms with van der Waals surface area (Å²) < 4.78 is 5.39. The van der Waals surface area contributed by atoms with Gasteiger partial charge in [0.2, 0.25) is 0 Å². The lowest BCUT2D eigenvalue weighted by molar-refractivity contribution is 0.0734. The number of para-hydroxylation sites is 1. The molecule has 23 heavy (non-hydrogen) atoms. The number of rotatable bonds is 2. The lowest BCUT2D eigenvalue weighted by atomic mass is 10.1. The molecule has 3 aromatic carbocycles. The number of hydrogen-bond acceptors (Lipinski definition) is 2. The summed E-state index contributed by atoms with van der Waals surface area (Å²) in [7, 11) is 0. The average Bonchev–Trinajstić information content (AvgIpc) is 2.62. The number of benzene rings is 3. The van der Waals surface area contributed by atoms with E-state index in [0.29, 0.717) is 16.9 Å². The first-order valence-corrected chi connectivity index (χ1v) is 7.26. The van der Waals surface area contributed by atoms with Crippen molar-refractivity contribution in [2.45, 2.75) is 0 Å². The molecule has 0 aliphatic rings. The van der Waals surface area contributed by atoms with Crippen molar-refractivity contribution in [3.63, 3.8) is 0 Å². The fraction of sp³-hybridized carbons (Fsp3) is 0. The molecule has 2 heteroatoms. The molecule has 0 aliphatic heterocycles. The van der Waals surface area contributed by atoms with Crippen molar-refractivity contribution in [3.8, 4) is 17.6 Å². The van der Waals surface area contributed by atoms with Crippen molar-refractivity contribution in [2.24, 2.45) is 0 Å². The van der Waals surface area contributed by atoms with E-state index in [2.05, 4.69) is 11.8 Å². The van der Waals surface area contributed by atoms with Gasteiger partial charge in [-0.1, -0.05) is 60.4 Å². The van der Waals surface area contributed by atoms with Gasteiger partial charge in [-0.05, 0) is 36.4 Å². The molecular formula is C21H14O2. The van der Waals surface area contributed by atoms with Crippen molar-refractivity contribution < 1.29 is 9.53 Å². The molecule has 3 rings (SSSR count). The van der Waals surface area contributed by atoms with Gasteiger partial charge in [0.15, 0.2) is 0 Å². The molecule has 0 atom stereocenters. The fourth-order valence-corrected chi connectivity index (χ4v) is 2.08. The molecule has 0 N–H and O–H groups in total. The summed E-state index contributed by atoms with van der Waals surface area (Å²) in [6.07, 6.45) is 0. The van der Waals surface area contributed by atoms with Crippen LogP contribution < -0.4 is 4.74 Å². The Hall–Kier alpha value is -3.31. The van der Waals surface area contributed by atoms with E-state index in [0.717, 1.165) is 5.56 Å². The standard InChI is InChI=1S/C21H14O2/c22-21(23-19-12-5-2-6-13-19)20-14-8-7-11-18(20)16-15-17-9-3-1-4-10-17/h1-14H. The first-order valence-electron chi connectivity index (χ1n) is 7.26. The predicted molar refractivity (Wildman–Crippen MR) is 90.3 cm³/mol. The summed E-state index contributed by atoms with van der Waals surface area (Å²) in [5, 5.41) is 0. The molecule has 0 amide bonds. The van der Waals surface area contributed by atoms with Gasteiger partial charge in [-0.2, -0.15) is 0 Å². The molecule has 0 aliphatic carbocycles. The third kappa shape index (κ3) is 3.87. The summed E-state index contributed by atoms with van der Waals surface area (Å²) in [6, 6.07) is 25.9. The Morgan fingerprint density at radius 1 is 0.696 bits per heavy atom. The summed E-state index contributed by atoms with van der Waals surface area (Å²) in [4.78, 5) is 12.4. The van der Waals surface area contributed by atoms with Crippen LogP contribution in [0.4, 0.5) is 0 Å². The molecule has 0 radical (unpaired) electrons. The smallest absolute Gasteiger partial charge is 0.344 e. The van der Waals surface area contributed by atoms with E-state index >= 15 is 0 Å². The molecule has 0 spiro atoms. The summed E-state index contributed by atoms with van der Waals surface area (Å²) >= 11 is 0. The quantitative estimate of drug-likeness (QED) is 0.400. The Balaban J connectivity index is 1.86. The summed E-state index contributed by atoms with van der Waals surface area (Å²) in [5.74, 6) is 6.22. The second-order valence-corrected chi connectivity index (χ2v) is 4.86. The van der Waals surface area contributed by atoms with E-state index in [1.165, 1.54) is 0 Å². The van der Waals surface area contributed by atoms with Crippen molar-refractivity contribution in [1.29, 1.82) is 0 Å². The molecule has 3 aromatic rings. The molecule has 2 nitrogen and oxygen atoms in total. The summed E-state index contributed by atoms with van der Waals surface area (Å²) in [6.45, 7) is 0. The zero-order valence-corrected chi connectivity index (χ0v) is 12.4. The largest absolute Gasteiger partial charge is 0.423 e. The van der Waals surface area contributed by atoms with Crippen LogP contribution in [-0.4, -0.2) is 5.97 Å². The monoisotopic (exact) mass is 298 g/mol. The second kappa shape index (κ2) is 7.11. The molecule has 0 saturated carbocycles. The number of esters is 1. The molecule has 0 saturated heterocycles. The molecule has 0 aromatic heterocycles. The highest BCUT2D eigenvalue weighted by Gasteiger charge is 2.11. The van der Waals surface area contributed by atoms with Gasteiger partial charge < -0.3 is 4.74 Å². The SMILES string of the molecule is O=C(Oc1ccccc1)c1ccccc1C#Cc1ccccc1. The van der Waals surface area contributed by atoms with Crippen LogP contribution >= 0.6 is 0 Å². The first-order chi connectivity index (χ1) is 11.3. The van der Waals surface area contributed by atoms with Crippen molar-refractivity contribution >= 4 is 5.97 Å². The van der Waals surface area contributed by atoms with Crippen molar-refractivity contribution in [1.82, 2.24) is 0 Å². The average molecular weight is 298 g/mol. The Bertz CT molecular complexity index is 856. The Morgan fingerprint density at radius 2 is 1.30 bits per heavy atom. The van der Waals surface area contributed by atoms with Crippen molar-refractivity contribution in [2.75, 3.05) is 0 Å². The predicted octanol–water partition coefficient (Wildman–Crippen LogP) is 4.31. The highest BCUT2D eigenvalue weighted by Crippen LogP contribution is 2.14. The van der Waals surface area contributed by atoms with E-state index in [1.54, 1.807) is 24.3 Å². The minimum absolute atomic E-state index is 0.408. The van der Waals surface area contributed by atoms with Crippen LogP contribution in [0, 0.1) is 11.8 Å². The number of carbonyl (C=O) groups excluding carboxylic acids is 1. The number of hydrogen-bond donors (Lipinski definition) is 0. The molecule has 0 unspecified atom stereocenters. The molecule has 0 fully saturated rings. The van der Waals surface area contributed by atoms with Gasteiger partial charge in [0, 0.05) is 11.1 Å². The normalized spacial score (nSPS) is 9.57. The second-order valence-electron chi connectivity index (χ2n) is 4.86. The highest BCUT2D eigenvalue weighted by atomic mass is 16.5. The molecule has 110 valence electrons. The van der Waals surface area contributed by atoms with Crippen LogP contribution in [0.1, 0.15) is 21.5 Å². The van der Waals surface area contributed by atoms with Gasteiger partial charge in [-0.25, -0.2) is 4.79 Å². The molecular weight excluding hydrogens is 284 g/mol. The third-order valence-electron chi connectivity index (χ3n) is 3.22. The zero-order valence-electron chi connectivity index (χ0n) is 12.4. The van der Waals surface area contributed by atoms with Gasteiger partial charge in [0.1, 0.15) is 5.75 Å². The van der Waals surface area contributed by atoms with E-state index in [1.807, 2.05) is 60.7 Å². The minimum atomic E-state index is -0.408. The summed E-state index contributed by atoms with van der Waals surface area (Å²) in [5.41, 5.74) is 2.01. The van der Waals surface area contributed by atoms with Gasteiger partial charge >= 0.3 is 5.97 Å². The van der Waals surface area contributed by atoms with Crippen LogP contribution in [0.15, 0.2) is 84.9 Å². The number of ether oxygens (including phenoxy) is 1. The molecule has 0 bridgehead atoms. The van der Waals surface area contributed by atoms with Crippen LogP contribution in [0.25, 0.3) is 0 Å². The lowest BCUT2D eigenvalue weighted by Gasteiger charge is -2.05. The Labute approximate surface area is 135 Å². The topological polar surface area (TPSA) is 26.3 Å². The number of carbonyl (C=O) groups is 1. The van der Waals surface area contributed by atoms with E-state index in [-0.39, 0.29) is 0 Å². The Kier molecular flexibility index (Phi) is 4.52. The van der Waals surface area contributed by atoms with Crippen LogP contribution in [0.3, 0.4) is 0 Å². The maximum Gasteiger partial charge on any atom is 0.344 e. The van der Waals surface area contributed by atoms with Crippen LogP contribution in [-0.2, 0) is 0 Å². The fourth-order valence-electron chi connectivity index (χ4n) is 2.08. The Morgan fingerprint density at radius 3 is 2.04 bits per heavy atom. The third-order valence-corrected chi connectivity index (χ3v) is 3.22. The van der Waals surface area contributed by atoms with E-state index < -0.39 is 5.97 Å². The van der Waals surface area contributed by atoms with Crippen LogP contribution in [0.5, 0.6) is 5.75 Å². The lowest BCUT2D eigenvalue weighted by Crippen LogP contribution is -2.10. The minimum Gasteiger partial charge on any atom is -0.423 e. The van der Waals surface area contributed by atoms with E-state index in [9.17, 15) is 4.79 Å². The first kappa shape index (κ1) is 14.6. The van der Waals surface area contributed by atoms with Gasteiger partial charge in [-0.15, -0.1) is 0 Å².